The van der Waals surface area contributed by atoms with Crippen molar-refractivity contribution >= 4 is 22.8 Å². The van der Waals surface area contributed by atoms with Crippen LogP contribution in [0.5, 0.6) is 0 Å². The summed E-state index contributed by atoms with van der Waals surface area (Å²) in [7, 11) is 0. The van der Waals surface area contributed by atoms with Crippen LogP contribution >= 0.6 is 0 Å². The van der Waals surface area contributed by atoms with E-state index in [4.69, 9.17) is 0 Å². The minimum Gasteiger partial charge on any atom is -0.0955 e. The van der Waals surface area contributed by atoms with Gasteiger partial charge in [-0.15, -0.1) is 0 Å². The van der Waals surface area contributed by atoms with Crippen LogP contribution in [0.4, 0.5) is 0 Å². The lowest BCUT2D eigenvalue weighted by Crippen LogP contribution is -2.15. The molecule has 2 aliphatic carbocycles. The molecule has 7 aromatic carbocycles. The number of allylic oxidation sites excluding steroid dienone is 10. The number of hydrogen-bond acceptors (Lipinski definition) is 0. The van der Waals surface area contributed by atoms with Gasteiger partial charge in [-0.05, 0) is 155 Å². The topological polar surface area (TPSA) is 0 Å². The first-order valence-electron chi connectivity index (χ1n) is 26.1. The smallest absolute Gasteiger partial charge is 0.00869 e. The summed E-state index contributed by atoms with van der Waals surface area (Å²) >= 11 is 0. The Labute approximate surface area is 430 Å². The first-order chi connectivity index (χ1) is 34.5. The van der Waals surface area contributed by atoms with Crippen molar-refractivity contribution in [2.75, 3.05) is 0 Å². The largest absolute Gasteiger partial charge is 0.0955 e. The maximum Gasteiger partial charge on any atom is 0.00869 e. The van der Waals surface area contributed by atoms with E-state index in [0.29, 0.717) is 17.8 Å². The highest BCUT2D eigenvalue weighted by molar-refractivity contribution is 5.92. The zero-order chi connectivity index (χ0) is 51.3. The Morgan fingerprint density at radius 3 is 1.75 bits per heavy atom. The summed E-state index contributed by atoms with van der Waals surface area (Å²) in [6.45, 7) is 30.2. The SMILES string of the molecule is C=C(C)c1cccc(-c2ccccc2)c1/C=C(\C)c1cccc(-c2cccc(-c3ccccc3)c2)c1.CC.CC.CC1=C(c2ccccc2C(C)C)C=CC(c2ccccc2C)C1C.CC1=CC=CCC1. The molecule has 0 bridgehead atoms. The van der Waals surface area contributed by atoms with E-state index in [9.17, 15) is 0 Å². The Kier molecular flexibility index (Phi) is 21.6. The van der Waals surface area contributed by atoms with E-state index in [0.717, 1.165) is 5.57 Å². The Balaban J connectivity index is 0.000000229. The fourth-order valence-electron chi connectivity index (χ4n) is 9.33. The monoisotopic (exact) mass is 933 g/mol. The Bertz CT molecular complexity index is 2940. The molecule has 71 heavy (non-hydrogen) atoms. The summed E-state index contributed by atoms with van der Waals surface area (Å²) in [5, 5.41) is 0. The standard InChI is InChI=1S/C36H30.C24H28.C7H10.2C2H6/c1-26(2)34-21-12-22-35(29-15-8-5-9-16-29)36(34)23-27(3)30-17-10-19-32(24-30)33-20-11-18-31(25-33)28-13-6-4-7-14-28;1-16(2)20-11-8-9-13-24(20)23-15-14-22(18(4)19(23)5)21-12-7-6-10-17(21)3;1-7-5-3-2-4-6-7;2*1-2/h4-25H,1H2,2-3H3;6-16,18,22H,1-5H3;2-3,5H,4,6H2,1H3;2*1-2H3/b27-23+;;;;. The van der Waals surface area contributed by atoms with Gasteiger partial charge >= 0.3 is 0 Å². The van der Waals surface area contributed by atoms with Gasteiger partial charge in [-0.25, -0.2) is 0 Å². The Hall–Kier alpha value is -7.02. The second-order valence-electron chi connectivity index (χ2n) is 18.6. The normalized spacial score (nSPS) is 14.8. The summed E-state index contributed by atoms with van der Waals surface area (Å²) in [6.07, 6.45) is 16.1. The summed E-state index contributed by atoms with van der Waals surface area (Å²) in [5.41, 5.74) is 23.3. The fourth-order valence-corrected chi connectivity index (χ4v) is 9.33. The van der Waals surface area contributed by atoms with Gasteiger partial charge in [0.2, 0.25) is 0 Å². The molecule has 0 nitrogen and oxygen atoms in total. The van der Waals surface area contributed by atoms with Gasteiger partial charge < -0.3 is 0 Å². The molecule has 0 saturated heterocycles. The molecule has 9 rings (SSSR count). The van der Waals surface area contributed by atoms with Gasteiger partial charge in [-0.1, -0.05) is 272 Å². The average Bonchev–Trinajstić information content (AvgIpc) is 3.42. The lowest BCUT2D eigenvalue weighted by Gasteiger charge is -2.30. The second kappa shape index (κ2) is 28.0. The molecule has 2 aliphatic rings. The van der Waals surface area contributed by atoms with Crippen LogP contribution in [0.15, 0.2) is 224 Å². The van der Waals surface area contributed by atoms with E-state index in [2.05, 4.69) is 274 Å². The van der Waals surface area contributed by atoms with Crippen LogP contribution in [0.1, 0.15) is 140 Å². The first kappa shape index (κ1) is 54.9. The lowest BCUT2D eigenvalue weighted by molar-refractivity contribution is 0.599. The molecule has 2 unspecified atom stereocenters. The highest BCUT2D eigenvalue weighted by Crippen LogP contribution is 2.42. The number of aryl methyl sites for hydroxylation is 1. The van der Waals surface area contributed by atoms with Crippen molar-refractivity contribution in [3.8, 4) is 33.4 Å². The van der Waals surface area contributed by atoms with Crippen molar-refractivity contribution in [2.45, 2.75) is 108 Å². The molecular formula is C71H80. The van der Waals surface area contributed by atoms with E-state index in [1.54, 1.807) is 0 Å². The van der Waals surface area contributed by atoms with Crippen molar-refractivity contribution in [1.29, 1.82) is 0 Å². The average molecular weight is 933 g/mol. The van der Waals surface area contributed by atoms with Crippen LogP contribution in [0.3, 0.4) is 0 Å². The Morgan fingerprint density at radius 2 is 1.14 bits per heavy atom. The van der Waals surface area contributed by atoms with Gasteiger partial charge in [0.05, 0.1) is 0 Å². The summed E-state index contributed by atoms with van der Waals surface area (Å²) in [5.74, 6) is 1.53. The van der Waals surface area contributed by atoms with Crippen LogP contribution in [0.2, 0.25) is 0 Å². The van der Waals surface area contributed by atoms with Crippen molar-refractivity contribution in [1.82, 2.24) is 0 Å². The quantitative estimate of drug-likeness (QED) is 0.127. The van der Waals surface area contributed by atoms with Crippen LogP contribution < -0.4 is 0 Å². The molecule has 0 heterocycles. The van der Waals surface area contributed by atoms with Crippen LogP contribution in [-0.2, 0) is 0 Å². The predicted octanol–water partition coefficient (Wildman–Crippen LogP) is 21.5. The number of benzene rings is 7. The lowest BCUT2D eigenvalue weighted by atomic mass is 9.74. The zero-order valence-corrected chi connectivity index (χ0v) is 45.1. The minimum atomic E-state index is 0.473. The molecule has 0 radical (unpaired) electrons. The molecule has 0 spiro atoms. The molecule has 0 heteroatoms. The second-order valence-corrected chi connectivity index (χ2v) is 18.6. The molecule has 0 amide bonds. The summed E-state index contributed by atoms with van der Waals surface area (Å²) in [4.78, 5) is 0. The molecule has 0 aliphatic heterocycles. The van der Waals surface area contributed by atoms with Gasteiger partial charge in [-0.3, -0.25) is 0 Å². The first-order valence-corrected chi connectivity index (χ1v) is 26.1. The van der Waals surface area contributed by atoms with Gasteiger partial charge in [-0.2, -0.15) is 0 Å². The molecule has 0 N–H and O–H groups in total. The number of hydrogen-bond donors (Lipinski definition) is 0. The zero-order valence-electron chi connectivity index (χ0n) is 45.1. The molecule has 7 aromatic rings. The predicted molar refractivity (Wildman–Crippen MR) is 318 cm³/mol. The third kappa shape index (κ3) is 14.8. The Morgan fingerprint density at radius 1 is 0.592 bits per heavy atom. The summed E-state index contributed by atoms with van der Waals surface area (Å²) in [6, 6.07) is 62.9. The van der Waals surface area contributed by atoms with Crippen LogP contribution in [0.25, 0.3) is 56.2 Å². The maximum atomic E-state index is 4.26. The van der Waals surface area contributed by atoms with E-state index in [-0.39, 0.29) is 0 Å². The van der Waals surface area contributed by atoms with E-state index >= 15 is 0 Å². The summed E-state index contributed by atoms with van der Waals surface area (Å²) < 4.78 is 0. The van der Waals surface area contributed by atoms with Crippen molar-refractivity contribution in [3.05, 3.63) is 263 Å². The van der Waals surface area contributed by atoms with E-state index < -0.39 is 0 Å². The van der Waals surface area contributed by atoms with Gasteiger partial charge in [0.1, 0.15) is 0 Å². The maximum absolute atomic E-state index is 4.26. The van der Waals surface area contributed by atoms with Crippen LogP contribution in [-0.4, -0.2) is 0 Å². The van der Waals surface area contributed by atoms with Crippen molar-refractivity contribution in [2.24, 2.45) is 5.92 Å². The van der Waals surface area contributed by atoms with E-state index in [1.165, 1.54) is 107 Å². The molecule has 0 aromatic heterocycles. The molecule has 0 fully saturated rings. The molecule has 2 atom stereocenters. The van der Waals surface area contributed by atoms with E-state index in [1.807, 2.05) is 27.7 Å². The molecule has 364 valence electrons. The van der Waals surface area contributed by atoms with Gasteiger partial charge in [0.15, 0.2) is 0 Å². The molecular weight excluding hydrogens is 853 g/mol. The number of rotatable bonds is 9. The van der Waals surface area contributed by atoms with Gasteiger partial charge in [0, 0.05) is 5.92 Å². The highest BCUT2D eigenvalue weighted by Gasteiger charge is 2.26. The van der Waals surface area contributed by atoms with Crippen molar-refractivity contribution in [3.63, 3.8) is 0 Å². The molecule has 0 saturated carbocycles. The highest BCUT2D eigenvalue weighted by atomic mass is 14.3. The third-order valence-corrected chi connectivity index (χ3v) is 13.4. The van der Waals surface area contributed by atoms with Crippen LogP contribution in [0, 0.1) is 12.8 Å². The van der Waals surface area contributed by atoms with Gasteiger partial charge in [0.25, 0.3) is 0 Å². The fraction of sp³-hybridized carbons (Fsp3) is 0.239. The third-order valence-electron chi connectivity index (χ3n) is 13.4. The minimum absolute atomic E-state index is 0.473. The van der Waals surface area contributed by atoms with Crippen molar-refractivity contribution < 1.29 is 0 Å².